The minimum Gasteiger partial charge on any atom is -0.343 e. The molecule has 6 heteroatoms. The Bertz CT molecular complexity index is 1060. The van der Waals surface area contributed by atoms with E-state index in [1.54, 1.807) is 48.5 Å². The summed E-state index contributed by atoms with van der Waals surface area (Å²) >= 11 is 0. The Morgan fingerprint density at radius 3 is 2.03 bits per heavy atom. The highest BCUT2D eigenvalue weighted by Gasteiger charge is 2.15. The fraction of sp³-hybridized carbons (Fsp3) is 0.125. The van der Waals surface area contributed by atoms with Gasteiger partial charge in [0.05, 0.1) is 17.8 Å². The molecule has 152 valence electrons. The van der Waals surface area contributed by atoms with Crippen molar-refractivity contribution in [1.29, 1.82) is 0 Å². The van der Waals surface area contributed by atoms with Crippen molar-refractivity contribution >= 4 is 29.1 Å². The molecule has 6 nitrogen and oxygen atoms in total. The van der Waals surface area contributed by atoms with E-state index < -0.39 is 5.91 Å². The molecule has 0 fully saturated rings. The molecule has 3 amide bonds. The predicted molar refractivity (Wildman–Crippen MR) is 118 cm³/mol. The molecule has 0 bridgehead atoms. The third-order valence-corrected chi connectivity index (χ3v) is 4.61. The van der Waals surface area contributed by atoms with Crippen LogP contribution in [-0.4, -0.2) is 24.3 Å². The van der Waals surface area contributed by atoms with E-state index in [1.807, 2.05) is 38.1 Å². The average Bonchev–Trinajstić information content (AvgIpc) is 2.75. The van der Waals surface area contributed by atoms with Gasteiger partial charge in [-0.3, -0.25) is 14.4 Å². The summed E-state index contributed by atoms with van der Waals surface area (Å²) in [5.41, 5.74) is 3.78. The molecule has 0 aromatic heterocycles. The van der Waals surface area contributed by atoms with Crippen LogP contribution in [0.25, 0.3) is 0 Å². The van der Waals surface area contributed by atoms with E-state index >= 15 is 0 Å². The van der Waals surface area contributed by atoms with Gasteiger partial charge in [0, 0.05) is 11.3 Å². The van der Waals surface area contributed by atoms with Gasteiger partial charge in [0.2, 0.25) is 5.91 Å². The van der Waals surface area contributed by atoms with Crippen molar-refractivity contribution in [2.45, 2.75) is 13.8 Å². The Hall–Kier alpha value is -3.93. The minimum absolute atomic E-state index is 0.187. The quantitative estimate of drug-likeness (QED) is 0.585. The van der Waals surface area contributed by atoms with Crippen molar-refractivity contribution in [2.24, 2.45) is 0 Å². The maximum Gasteiger partial charge on any atom is 0.255 e. The Morgan fingerprint density at radius 2 is 1.33 bits per heavy atom. The van der Waals surface area contributed by atoms with Gasteiger partial charge in [0.15, 0.2) is 0 Å². The van der Waals surface area contributed by atoms with Crippen LogP contribution < -0.4 is 16.0 Å². The van der Waals surface area contributed by atoms with E-state index in [0.29, 0.717) is 11.3 Å². The molecule has 3 aromatic carbocycles. The lowest BCUT2D eigenvalue weighted by atomic mass is 10.1. The zero-order valence-electron chi connectivity index (χ0n) is 16.9. The van der Waals surface area contributed by atoms with E-state index in [9.17, 15) is 14.4 Å². The Kier molecular flexibility index (Phi) is 6.60. The standard InChI is InChI=1S/C24H23N3O3/c1-16-9-8-10-17(2)22(16)27-21(28)15-25-24(30)19-13-6-7-14-20(19)26-23(29)18-11-4-3-5-12-18/h3-14H,15H2,1-2H3,(H,25,30)(H,26,29)(H,27,28). The van der Waals surface area contributed by atoms with Crippen LogP contribution in [0, 0.1) is 13.8 Å². The zero-order valence-corrected chi connectivity index (χ0v) is 16.9. The van der Waals surface area contributed by atoms with Gasteiger partial charge in [-0.2, -0.15) is 0 Å². The number of carbonyl (C=O) groups excluding carboxylic acids is 3. The molecule has 3 N–H and O–H groups in total. The van der Waals surface area contributed by atoms with E-state index in [4.69, 9.17) is 0 Å². The molecule has 0 saturated carbocycles. The minimum atomic E-state index is -0.449. The molecule has 0 aliphatic rings. The Labute approximate surface area is 175 Å². The van der Waals surface area contributed by atoms with Gasteiger partial charge in [0.25, 0.3) is 11.8 Å². The summed E-state index contributed by atoms with van der Waals surface area (Å²) < 4.78 is 0. The first kappa shape index (κ1) is 20.8. The highest BCUT2D eigenvalue weighted by molar-refractivity contribution is 6.09. The van der Waals surface area contributed by atoms with Gasteiger partial charge in [-0.05, 0) is 49.2 Å². The molecule has 30 heavy (non-hydrogen) atoms. The fourth-order valence-corrected chi connectivity index (χ4v) is 3.03. The summed E-state index contributed by atoms with van der Waals surface area (Å²) in [5.74, 6) is -1.09. The summed E-state index contributed by atoms with van der Waals surface area (Å²) in [7, 11) is 0. The number of amides is 3. The van der Waals surface area contributed by atoms with Gasteiger partial charge in [-0.15, -0.1) is 0 Å². The van der Waals surface area contributed by atoms with Crippen LogP contribution >= 0.6 is 0 Å². The van der Waals surface area contributed by atoms with E-state index in [-0.39, 0.29) is 23.9 Å². The zero-order chi connectivity index (χ0) is 21.5. The first-order chi connectivity index (χ1) is 14.5. The third-order valence-electron chi connectivity index (χ3n) is 4.61. The first-order valence-corrected chi connectivity index (χ1v) is 9.55. The summed E-state index contributed by atoms with van der Waals surface area (Å²) in [6.07, 6.45) is 0. The summed E-state index contributed by atoms with van der Waals surface area (Å²) in [4.78, 5) is 37.4. The summed E-state index contributed by atoms with van der Waals surface area (Å²) in [6, 6.07) is 21.1. The highest BCUT2D eigenvalue weighted by atomic mass is 16.2. The van der Waals surface area contributed by atoms with Gasteiger partial charge >= 0.3 is 0 Å². The number of anilines is 2. The maximum atomic E-state index is 12.6. The molecule has 3 rings (SSSR count). The molecule has 0 radical (unpaired) electrons. The predicted octanol–water partition coefficient (Wildman–Crippen LogP) is 3.92. The second kappa shape index (κ2) is 9.52. The number of benzene rings is 3. The van der Waals surface area contributed by atoms with Crippen LogP contribution in [0.5, 0.6) is 0 Å². The topological polar surface area (TPSA) is 87.3 Å². The summed E-state index contributed by atoms with van der Waals surface area (Å²) in [5, 5.41) is 8.19. The van der Waals surface area contributed by atoms with Gasteiger partial charge in [0.1, 0.15) is 0 Å². The van der Waals surface area contributed by atoms with Crippen LogP contribution in [0.2, 0.25) is 0 Å². The number of carbonyl (C=O) groups is 3. The number of nitrogens with one attached hydrogen (secondary N) is 3. The maximum absolute atomic E-state index is 12.6. The lowest BCUT2D eigenvalue weighted by Crippen LogP contribution is -2.33. The van der Waals surface area contributed by atoms with Crippen LogP contribution in [-0.2, 0) is 4.79 Å². The number of para-hydroxylation sites is 2. The Morgan fingerprint density at radius 1 is 0.700 bits per heavy atom. The third kappa shape index (κ3) is 5.11. The molecule has 0 heterocycles. The SMILES string of the molecule is Cc1cccc(C)c1NC(=O)CNC(=O)c1ccccc1NC(=O)c1ccccc1. The molecule has 0 aliphatic carbocycles. The Balaban J connectivity index is 1.64. The van der Waals surface area contributed by atoms with Crippen molar-refractivity contribution in [2.75, 3.05) is 17.2 Å². The lowest BCUT2D eigenvalue weighted by molar-refractivity contribution is -0.115. The number of aryl methyl sites for hydroxylation is 2. The van der Waals surface area contributed by atoms with Crippen LogP contribution in [0.3, 0.4) is 0 Å². The van der Waals surface area contributed by atoms with Crippen molar-refractivity contribution in [1.82, 2.24) is 5.32 Å². The largest absolute Gasteiger partial charge is 0.343 e. The monoisotopic (exact) mass is 401 g/mol. The fourth-order valence-electron chi connectivity index (χ4n) is 3.03. The molecule has 0 spiro atoms. The first-order valence-electron chi connectivity index (χ1n) is 9.55. The van der Waals surface area contributed by atoms with Crippen LogP contribution in [0.4, 0.5) is 11.4 Å². The number of rotatable bonds is 6. The van der Waals surface area contributed by atoms with Crippen LogP contribution in [0.1, 0.15) is 31.8 Å². The van der Waals surface area contributed by atoms with Crippen molar-refractivity contribution in [3.8, 4) is 0 Å². The van der Waals surface area contributed by atoms with Crippen molar-refractivity contribution < 1.29 is 14.4 Å². The van der Waals surface area contributed by atoms with E-state index in [1.165, 1.54) is 0 Å². The molecule has 3 aromatic rings. The second-order valence-electron chi connectivity index (χ2n) is 6.86. The van der Waals surface area contributed by atoms with Crippen molar-refractivity contribution in [3.63, 3.8) is 0 Å². The number of hydrogen-bond donors (Lipinski definition) is 3. The van der Waals surface area contributed by atoms with Gasteiger partial charge in [-0.25, -0.2) is 0 Å². The molecular weight excluding hydrogens is 378 g/mol. The van der Waals surface area contributed by atoms with E-state index in [2.05, 4.69) is 16.0 Å². The highest BCUT2D eigenvalue weighted by Crippen LogP contribution is 2.19. The normalized spacial score (nSPS) is 10.2. The lowest BCUT2D eigenvalue weighted by Gasteiger charge is -2.13. The molecule has 0 atom stereocenters. The van der Waals surface area contributed by atoms with Gasteiger partial charge in [-0.1, -0.05) is 48.5 Å². The second-order valence-corrected chi connectivity index (χ2v) is 6.86. The smallest absolute Gasteiger partial charge is 0.255 e. The summed E-state index contributed by atoms with van der Waals surface area (Å²) in [6.45, 7) is 3.63. The van der Waals surface area contributed by atoms with E-state index in [0.717, 1.165) is 16.8 Å². The van der Waals surface area contributed by atoms with Crippen LogP contribution in [0.15, 0.2) is 72.8 Å². The molecule has 0 unspecified atom stereocenters. The molecular formula is C24H23N3O3. The molecule has 0 saturated heterocycles. The molecule has 0 aliphatic heterocycles. The number of hydrogen-bond acceptors (Lipinski definition) is 3. The van der Waals surface area contributed by atoms with Crippen molar-refractivity contribution in [3.05, 3.63) is 95.1 Å². The average molecular weight is 401 g/mol. The van der Waals surface area contributed by atoms with Gasteiger partial charge < -0.3 is 16.0 Å².